The topological polar surface area (TPSA) is 12.0 Å². The van der Waals surface area contributed by atoms with Crippen LogP contribution in [-0.2, 0) is 6.54 Å². The molecule has 0 aliphatic carbocycles. The fourth-order valence-electron chi connectivity index (χ4n) is 1.19. The van der Waals surface area contributed by atoms with Gasteiger partial charge < -0.3 is 5.32 Å². The highest BCUT2D eigenvalue weighted by molar-refractivity contribution is 5.23. The van der Waals surface area contributed by atoms with Crippen molar-refractivity contribution in [1.29, 1.82) is 0 Å². The second kappa shape index (κ2) is 5.70. The summed E-state index contributed by atoms with van der Waals surface area (Å²) in [4.78, 5) is 0. The Morgan fingerprint density at radius 2 is 1.86 bits per heavy atom. The predicted molar refractivity (Wildman–Crippen MR) is 53.4 cm³/mol. The van der Waals surface area contributed by atoms with Crippen LogP contribution >= 0.6 is 0 Å². The van der Waals surface area contributed by atoms with Gasteiger partial charge in [0.2, 0.25) is 0 Å². The molecule has 0 aliphatic rings. The fraction of sp³-hybridized carbons (Fsp3) is 0.455. The summed E-state index contributed by atoms with van der Waals surface area (Å²) in [6, 6.07) is 6.44. The summed E-state index contributed by atoms with van der Waals surface area (Å²) in [7, 11) is 0. The van der Waals surface area contributed by atoms with Gasteiger partial charge in [0, 0.05) is 12.1 Å². The maximum atomic E-state index is 12.2. The van der Waals surface area contributed by atoms with Gasteiger partial charge in [0.25, 0.3) is 6.43 Å². The fourth-order valence-corrected chi connectivity index (χ4v) is 1.19. The first-order valence-corrected chi connectivity index (χ1v) is 4.81. The van der Waals surface area contributed by atoms with E-state index >= 15 is 0 Å². The minimum atomic E-state index is -2.37. The number of benzene rings is 1. The summed E-state index contributed by atoms with van der Waals surface area (Å²) in [6.07, 6.45) is -1.29. The number of rotatable bonds is 5. The first-order valence-electron chi connectivity index (χ1n) is 4.81. The van der Waals surface area contributed by atoms with Gasteiger partial charge in [0.15, 0.2) is 0 Å². The van der Waals surface area contributed by atoms with Gasteiger partial charge >= 0.3 is 0 Å². The average molecular weight is 199 g/mol. The Bertz CT molecular complexity index is 256. The van der Waals surface area contributed by atoms with Crippen LogP contribution in [0.5, 0.6) is 0 Å². The minimum absolute atomic E-state index is 0.0873. The Labute approximate surface area is 83.1 Å². The molecule has 1 aromatic carbocycles. The monoisotopic (exact) mass is 199 g/mol. The molecule has 0 fully saturated rings. The van der Waals surface area contributed by atoms with E-state index in [-0.39, 0.29) is 5.56 Å². The van der Waals surface area contributed by atoms with Gasteiger partial charge in [-0.2, -0.15) is 0 Å². The molecule has 0 aromatic heterocycles. The smallest absolute Gasteiger partial charge is 0.263 e. The van der Waals surface area contributed by atoms with E-state index < -0.39 is 6.43 Å². The number of hydrogen-bond donors (Lipinski definition) is 1. The van der Waals surface area contributed by atoms with Crippen LogP contribution in [0.2, 0.25) is 0 Å². The summed E-state index contributed by atoms with van der Waals surface area (Å²) < 4.78 is 24.4. The Morgan fingerprint density at radius 1 is 1.21 bits per heavy atom. The van der Waals surface area contributed by atoms with Crippen LogP contribution in [0, 0.1) is 0 Å². The van der Waals surface area contributed by atoms with Crippen molar-refractivity contribution in [3.8, 4) is 0 Å². The van der Waals surface area contributed by atoms with E-state index in [0.717, 1.165) is 25.1 Å². The first-order chi connectivity index (χ1) is 6.74. The third kappa shape index (κ3) is 3.42. The highest BCUT2D eigenvalue weighted by Crippen LogP contribution is 2.18. The summed E-state index contributed by atoms with van der Waals surface area (Å²) >= 11 is 0. The SMILES string of the molecule is CCCNCc1ccc(C(F)F)cc1. The van der Waals surface area contributed by atoms with Crippen molar-refractivity contribution in [2.75, 3.05) is 6.54 Å². The highest BCUT2D eigenvalue weighted by atomic mass is 19.3. The molecule has 1 rings (SSSR count). The van der Waals surface area contributed by atoms with E-state index in [0.29, 0.717) is 0 Å². The molecular formula is C11H15F2N. The summed E-state index contributed by atoms with van der Waals surface area (Å²) in [5.41, 5.74) is 1.13. The van der Waals surface area contributed by atoms with Gasteiger partial charge in [-0.05, 0) is 18.5 Å². The molecule has 1 nitrogen and oxygen atoms in total. The van der Waals surface area contributed by atoms with Gasteiger partial charge in [0.05, 0.1) is 0 Å². The van der Waals surface area contributed by atoms with E-state index in [1.165, 1.54) is 12.1 Å². The summed E-state index contributed by atoms with van der Waals surface area (Å²) in [5, 5.41) is 3.21. The van der Waals surface area contributed by atoms with Gasteiger partial charge in [-0.3, -0.25) is 0 Å². The van der Waals surface area contributed by atoms with Gasteiger partial charge in [-0.25, -0.2) is 8.78 Å². The summed E-state index contributed by atoms with van der Waals surface area (Å²) in [5.74, 6) is 0. The predicted octanol–water partition coefficient (Wildman–Crippen LogP) is 3.12. The number of nitrogens with one attached hydrogen (secondary N) is 1. The molecule has 0 bridgehead atoms. The first kappa shape index (κ1) is 11.1. The third-order valence-corrected chi connectivity index (χ3v) is 1.99. The lowest BCUT2D eigenvalue weighted by Gasteiger charge is -2.04. The van der Waals surface area contributed by atoms with Crippen molar-refractivity contribution in [3.05, 3.63) is 35.4 Å². The summed E-state index contributed by atoms with van der Waals surface area (Å²) in [6.45, 7) is 3.79. The van der Waals surface area contributed by atoms with Crippen molar-refractivity contribution in [3.63, 3.8) is 0 Å². The van der Waals surface area contributed by atoms with Crippen LogP contribution in [0.15, 0.2) is 24.3 Å². The lowest BCUT2D eigenvalue weighted by molar-refractivity contribution is 0.151. The number of halogens is 2. The molecule has 0 unspecified atom stereocenters. The Morgan fingerprint density at radius 3 is 2.36 bits per heavy atom. The normalized spacial score (nSPS) is 10.9. The zero-order valence-electron chi connectivity index (χ0n) is 8.26. The maximum absolute atomic E-state index is 12.2. The van der Waals surface area contributed by atoms with Crippen LogP contribution in [0.4, 0.5) is 8.78 Å². The lowest BCUT2D eigenvalue weighted by Crippen LogP contribution is -2.13. The Balaban J connectivity index is 2.47. The van der Waals surface area contributed by atoms with Crippen molar-refractivity contribution < 1.29 is 8.78 Å². The molecule has 0 radical (unpaired) electrons. The molecule has 0 spiro atoms. The molecule has 1 N–H and O–H groups in total. The largest absolute Gasteiger partial charge is 0.313 e. The molecule has 3 heteroatoms. The second-order valence-corrected chi connectivity index (χ2v) is 3.22. The lowest BCUT2D eigenvalue weighted by atomic mass is 10.1. The van der Waals surface area contributed by atoms with Crippen LogP contribution in [0.3, 0.4) is 0 Å². The molecule has 14 heavy (non-hydrogen) atoms. The van der Waals surface area contributed by atoms with E-state index in [2.05, 4.69) is 12.2 Å². The maximum Gasteiger partial charge on any atom is 0.263 e. The number of alkyl halides is 2. The molecule has 0 aliphatic heterocycles. The average Bonchev–Trinajstić information content (AvgIpc) is 2.19. The Kier molecular flexibility index (Phi) is 4.53. The molecule has 0 saturated heterocycles. The van der Waals surface area contributed by atoms with E-state index in [1.807, 2.05) is 0 Å². The molecule has 1 aromatic rings. The quantitative estimate of drug-likeness (QED) is 0.718. The second-order valence-electron chi connectivity index (χ2n) is 3.22. The highest BCUT2D eigenvalue weighted by Gasteiger charge is 2.05. The van der Waals surface area contributed by atoms with Crippen molar-refractivity contribution in [1.82, 2.24) is 5.32 Å². The van der Waals surface area contributed by atoms with Crippen LogP contribution in [-0.4, -0.2) is 6.54 Å². The van der Waals surface area contributed by atoms with Crippen LogP contribution in [0.25, 0.3) is 0 Å². The standard InChI is InChI=1S/C11H15F2N/c1-2-7-14-8-9-3-5-10(6-4-9)11(12)13/h3-6,11,14H,2,7-8H2,1H3. The molecule has 0 atom stereocenters. The zero-order chi connectivity index (χ0) is 10.4. The van der Waals surface area contributed by atoms with Gasteiger partial charge in [-0.1, -0.05) is 31.2 Å². The molecule has 0 amide bonds. The molecule has 78 valence electrons. The van der Waals surface area contributed by atoms with E-state index in [9.17, 15) is 8.78 Å². The molecule has 0 saturated carbocycles. The zero-order valence-corrected chi connectivity index (χ0v) is 8.26. The molecular weight excluding hydrogens is 184 g/mol. The van der Waals surface area contributed by atoms with Crippen molar-refractivity contribution >= 4 is 0 Å². The van der Waals surface area contributed by atoms with Crippen molar-refractivity contribution in [2.45, 2.75) is 26.3 Å². The van der Waals surface area contributed by atoms with Crippen LogP contribution in [0.1, 0.15) is 30.9 Å². The van der Waals surface area contributed by atoms with E-state index in [4.69, 9.17) is 0 Å². The van der Waals surface area contributed by atoms with Gasteiger partial charge in [-0.15, -0.1) is 0 Å². The molecule has 0 heterocycles. The van der Waals surface area contributed by atoms with E-state index in [1.54, 1.807) is 12.1 Å². The van der Waals surface area contributed by atoms with Gasteiger partial charge in [0.1, 0.15) is 0 Å². The third-order valence-electron chi connectivity index (χ3n) is 1.99. The van der Waals surface area contributed by atoms with Crippen LogP contribution < -0.4 is 5.32 Å². The minimum Gasteiger partial charge on any atom is -0.313 e. The Hall–Kier alpha value is -0.960. The number of hydrogen-bond acceptors (Lipinski definition) is 1. The van der Waals surface area contributed by atoms with Crippen molar-refractivity contribution in [2.24, 2.45) is 0 Å².